The van der Waals surface area contributed by atoms with E-state index in [1.165, 1.54) is 0 Å². The van der Waals surface area contributed by atoms with Gasteiger partial charge in [0.15, 0.2) is 0 Å². The molecule has 0 bridgehead atoms. The average molecular weight is 276 g/mol. The molecule has 0 aliphatic carbocycles. The molecule has 1 aliphatic heterocycles. The Hall–Kier alpha value is -1.77. The molecule has 20 heavy (non-hydrogen) atoms. The van der Waals surface area contributed by atoms with Crippen LogP contribution in [-0.4, -0.2) is 31.4 Å². The van der Waals surface area contributed by atoms with Gasteiger partial charge in [-0.3, -0.25) is 10.7 Å². The average Bonchev–Trinajstić information content (AvgIpc) is 2.56. The number of nitrogens with one attached hydrogen (secondary N) is 2. The van der Waals surface area contributed by atoms with Crippen molar-refractivity contribution >= 4 is 11.4 Å². The normalized spacial score (nSPS) is 15.1. The Bertz CT molecular complexity index is 448. The molecular weight excluding hydrogens is 252 g/mol. The van der Waals surface area contributed by atoms with E-state index < -0.39 is 0 Å². The first-order valence-corrected chi connectivity index (χ1v) is 7.15. The van der Waals surface area contributed by atoms with E-state index in [0.717, 1.165) is 31.6 Å². The highest BCUT2D eigenvalue weighted by molar-refractivity contribution is 5.65. The fourth-order valence-corrected chi connectivity index (χ4v) is 2.38. The molecule has 5 nitrogen and oxygen atoms in total. The minimum atomic E-state index is 0.542. The summed E-state index contributed by atoms with van der Waals surface area (Å²) in [6.07, 6.45) is 2.17. The third-order valence-electron chi connectivity index (χ3n) is 3.49. The Morgan fingerprint density at radius 2 is 1.95 bits per heavy atom. The Morgan fingerprint density at radius 3 is 2.45 bits per heavy atom. The largest absolute Gasteiger partial charge is 0.370 e. The van der Waals surface area contributed by atoms with Crippen molar-refractivity contribution in [1.82, 2.24) is 5.32 Å². The number of anilines is 2. The van der Waals surface area contributed by atoms with Gasteiger partial charge >= 0.3 is 0 Å². The maximum atomic E-state index is 9.17. The van der Waals surface area contributed by atoms with Crippen LogP contribution in [0.2, 0.25) is 0 Å². The van der Waals surface area contributed by atoms with Crippen LogP contribution in [-0.2, 0) is 0 Å². The Labute approximate surface area is 121 Å². The molecule has 0 spiro atoms. The first-order chi connectivity index (χ1) is 9.78. The molecular formula is C15H24N4O. The highest BCUT2D eigenvalue weighted by Gasteiger charge is 2.19. The van der Waals surface area contributed by atoms with Gasteiger partial charge in [0, 0.05) is 19.1 Å². The fraction of sp³-hybridized carbons (Fsp3) is 0.533. The molecule has 2 rings (SSSR count). The molecule has 0 atom stereocenters. The summed E-state index contributed by atoms with van der Waals surface area (Å²) in [5.41, 5.74) is 4.15. The minimum Gasteiger partial charge on any atom is -0.370 e. The van der Waals surface area contributed by atoms with Gasteiger partial charge in [0.25, 0.3) is 0 Å². The monoisotopic (exact) mass is 276 g/mol. The van der Waals surface area contributed by atoms with Crippen LogP contribution in [0.15, 0.2) is 18.2 Å². The molecule has 1 aliphatic rings. The lowest BCUT2D eigenvalue weighted by Gasteiger charge is -2.34. The lowest BCUT2D eigenvalue weighted by molar-refractivity contribution is 0.389. The predicted octanol–water partition coefficient (Wildman–Crippen LogP) is 2.57. The number of hydrogen-bond donors (Lipinski definition) is 3. The van der Waals surface area contributed by atoms with Crippen molar-refractivity contribution in [1.29, 1.82) is 5.26 Å². The van der Waals surface area contributed by atoms with Gasteiger partial charge in [-0.25, -0.2) is 0 Å². The zero-order valence-electron chi connectivity index (χ0n) is 12.5. The van der Waals surface area contributed by atoms with Gasteiger partial charge in [0.05, 0.1) is 16.9 Å². The number of rotatable bonds is 3. The van der Waals surface area contributed by atoms with Crippen molar-refractivity contribution in [2.24, 2.45) is 0 Å². The van der Waals surface area contributed by atoms with Gasteiger partial charge in [0.2, 0.25) is 0 Å². The fourth-order valence-electron chi connectivity index (χ4n) is 2.38. The predicted molar refractivity (Wildman–Crippen MR) is 82.2 cm³/mol. The van der Waals surface area contributed by atoms with Gasteiger partial charge < -0.3 is 10.2 Å². The number of nitrogens with zero attached hydrogens (tertiary/aromatic N) is 2. The third-order valence-corrected chi connectivity index (χ3v) is 3.49. The quantitative estimate of drug-likeness (QED) is 0.740. The lowest BCUT2D eigenvalue weighted by Crippen LogP contribution is -2.41. The van der Waals surface area contributed by atoms with Crippen molar-refractivity contribution in [2.45, 2.75) is 32.7 Å². The maximum Gasteiger partial charge on any atom is 0.101 e. The zero-order chi connectivity index (χ0) is 15.0. The standard InChI is InChI=1S/C13H18N4O.C2H6/c1-15-11-4-6-17(7-5-11)13-3-2-12(16-18)8-10(13)9-14;1-2/h2-3,8,11,15-16,18H,4-7H2,1H3;1-2H3. The second-order valence-electron chi connectivity index (χ2n) is 4.51. The van der Waals surface area contributed by atoms with Crippen LogP contribution in [0.4, 0.5) is 11.4 Å². The summed E-state index contributed by atoms with van der Waals surface area (Å²) in [6, 6.07) is 8.09. The molecule has 0 aromatic heterocycles. The topological polar surface area (TPSA) is 71.3 Å². The van der Waals surface area contributed by atoms with E-state index in [2.05, 4.69) is 21.8 Å². The Morgan fingerprint density at radius 1 is 1.30 bits per heavy atom. The second-order valence-corrected chi connectivity index (χ2v) is 4.51. The molecule has 1 aromatic rings. The van der Waals surface area contributed by atoms with E-state index >= 15 is 0 Å². The summed E-state index contributed by atoms with van der Waals surface area (Å²) in [4.78, 5) is 2.23. The van der Waals surface area contributed by atoms with E-state index in [0.29, 0.717) is 17.3 Å². The Kier molecular flexibility index (Phi) is 6.85. The molecule has 0 amide bonds. The van der Waals surface area contributed by atoms with Crippen LogP contribution in [0.3, 0.4) is 0 Å². The van der Waals surface area contributed by atoms with E-state index in [-0.39, 0.29) is 0 Å². The molecule has 110 valence electrons. The molecule has 1 heterocycles. The van der Waals surface area contributed by atoms with E-state index in [4.69, 9.17) is 10.5 Å². The van der Waals surface area contributed by atoms with Crippen LogP contribution in [0.5, 0.6) is 0 Å². The number of hydrogen-bond acceptors (Lipinski definition) is 5. The summed E-state index contributed by atoms with van der Waals surface area (Å²) < 4.78 is 0. The molecule has 1 saturated heterocycles. The van der Waals surface area contributed by atoms with Crippen molar-refractivity contribution in [2.75, 3.05) is 30.5 Å². The first kappa shape index (κ1) is 16.3. The molecule has 5 heteroatoms. The number of nitriles is 1. The van der Waals surface area contributed by atoms with Crippen molar-refractivity contribution in [3.63, 3.8) is 0 Å². The van der Waals surface area contributed by atoms with Crippen LogP contribution < -0.4 is 15.7 Å². The molecule has 0 unspecified atom stereocenters. The minimum absolute atomic E-state index is 0.542. The van der Waals surface area contributed by atoms with Crippen LogP contribution in [0.25, 0.3) is 0 Å². The van der Waals surface area contributed by atoms with Gasteiger partial charge in [0.1, 0.15) is 6.07 Å². The lowest BCUT2D eigenvalue weighted by atomic mass is 10.0. The van der Waals surface area contributed by atoms with Crippen molar-refractivity contribution < 1.29 is 5.21 Å². The second kappa shape index (κ2) is 8.41. The summed E-state index contributed by atoms with van der Waals surface area (Å²) in [5.74, 6) is 0. The smallest absolute Gasteiger partial charge is 0.101 e. The van der Waals surface area contributed by atoms with Crippen molar-refractivity contribution in [3.05, 3.63) is 23.8 Å². The summed E-state index contributed by atoms with van der Waals surface area (Å²) in [5, 5.41) is 21.3. The van der Waals surface area contributed by atoms with Crippen molar-refractivity contribution in [3.8, 4) is 6.07 Å². The third kappa shape index (κ3) is 3.86. The molecule has 0 saturated carbocycles. The molecule has 1 aromatic carbocycles. The van der Waals surface area contributed by atoms with Crippen LogP contribution >= 0.6 is 0 Å². The van der Waals surface area contributed by atoms with E-state index in [1.807, 2.05) is 27.0 Å². The molecule has 1 fully saturated rings. The van der Waals surface area contributed by atoms with E-state index in [1.54, 1.807) is 12.1 Å². The van der Waals surface area contributed by atoms with Gasteiger partial charge in [-0.05, 0) is 38.1 Å². The summed E-state index contributed by atoms with van der Waals surface area (Å²) >= 11 is 0. The van der Waals surface area contributed by atoms with E-state index in [9.17, 15) is 0 Å². The number of benzene rings is 1. The SMILES string of the molecule is CC.CNC1CCN(c2ccc(NO)cc2C#N)CC1. The summed E-state index contributed by atoms with van der Waals surface area (Å²) in [7, 11) is 1.99. The highest BCUT2D eigenvalue weighted by atomic mass is 16.5. The molecule has 0 radical (unpaired) electrons. The van der Waals surface area contributed by atoms with Crippen LogP contribution in [0.1, 0.15) is 32.3 Å². The highest BCUT2D eigenvalue weighted by Crippen LogP contribution is 2.26. The number of piperidine rings is 1. The Balaban J connectivity index is 0.000000956. The van der Waals surface area contributed by atoms with Gasteiger partial charge in [-0.1, -0.05) is 13.8 Å². The molecule has 3 N–H and O–H groups in total. The zero-order valence-corrected chi connectivity index (χ0v) is 12.5. The first-order valence-electron chi connectivity index (χ1n) is 7.15. The van der Waals surface area contributed by atoms with Gasteiger partial charge in [-0.2, -0.15) is 5.26 Å². The summed E-state index contributed by atoms with van der Waals surface area (Å²) in [6.45, 7) is 5.90. The maximum absolute atomic E-state index is 9.17. The van der Waals surface area contributed by atoms with Crippen LogP contribution in [0, 0.1) is 11.3 Å². The van der Waals surface area contributed by atoms with Gasteiger partial charge in [-0.15, -0.1) is 0 Å².